The number of amides is 1. The fourth-order valence-electron chi connectivity index (χ4n) is 5.25. The van der Waals surface area contributed by atoms with Crippen LogP contribution >= 0.6 is 0 Å². The molecular formula is C26H28N4O. The molecule has 1 amide bonds. The molecule has 0 radical (unpaired) electrons. The first-order valence-corrected chi connectivity index (χ1v) is 11.2. The first-order valence-electron chi connectivity index (χ1n) is 11.2. The van der Waals surface area contributed by atoms with Crippen LogP contribution in [0, 0.1) is 5.92 Å². The molecule has 0 spiro atoms. The van der Waals surface area contributed by atoms with Gasteiger partial charge in [0.05, 0.1) is 12.1 Å². The van der Waals surface area contributed by atoms with Crippen LogP contribution in [0.25, 0.3) is 0 Å². The van der Waals surface area contributed by atoms with Gasteiger partial charge >= 0.3 is 0 Å². The molecule has 1 aliphatic carbocycles. The highest BCUT2D eigenvalue weighted by molar-refractivity contribution is 5.78. The molecule has 1 atom stereocenters. The number of hydrogen-bond donors (Lipinski definition) is 1. The number of rotatable bonds is 3. The fourth-order valence-corrected chi connectivity index (χ4v) is 5.25. The number of pyridine rings is 2. The number of carbonyl (C=O) groups excluding carboxylic acids is 1. The van der Waals surface area contributed by atoms with E-state index in [2.05, 4.69) is 23.2 Å². The Morgan fingerprint density at radius 3 is 2.65 bits per heavy atom. The Morgan fingerprint density at radius 2 is 1.84 bits per heavy atom. The summed E-state index contributed by atoms with van der Waals surface area (Å²) in [5.74, 6) is 0.931. The zero-order valence-electron chi connectivity index (χ0n) is 17.7. The summed E-state index contributed by atoms with van der Waals surface area (Å²) in [6.07, 6.45) is 9.84. The molecule has 2 aromatic heterocycles. The van der Waals surface area contributed by atoms with Gasteiger partial charge in [-0.2, -0.15) is 0 Å². The van der Waals surface area contributed by atoms with Gasteiger partial charge in [0.2, 0.25) is 5.91 Å². The minimum absolute atomic E-state index is 0.194. The van der Waals surface area contributed by atoms with Crippen molar-refractivity contribution in [2.45, 2.75) is 38.0 Å². The number of hydrogen-bond acceptors (Lipinski definition) is 4. The maximum Gasteiger partial charge on any atom is 0.227 e. The van der Waals surface area contributed by atoms with Crippen molar-refractivity contribution in [3.8, 4) is 0 Å². The van der Waals surface area contributed by atoms with Crippen molar-refractivity contribution in [2.24, 2.45) is 5.92 Å². The van der Waals surface area contributed by atoms with Crippen LogP contribution in [0.15, 0.2) is 61.1 Å². The lowest BCUT2D eigenvalue weighted by Gasteiger charge is -2.37. The second-order valence-electron chi connectivity index (χ2n) is 8.74. The molecule has 0 bridgehead atoms. The van der Waals surface area contributed by atoms with Crippen molar-refractivity contribution in [1.29, 1.82) is 0 Å². The maximum atomic E-state index is 12.8. The van der Waals surface area contributed by atoms with E-state index in [4.69, 9.17) is 10.7 Å². The van der Waals surface area contributed by atoms with E-state index in [-0.39, 0.29) is 11.8 Å². The number of carbonyl (C=O) groups is 1. The summed E-state index contributed by atoms with van der Waals surface area (Å²) in [7, 11) is 0. The van der Waals surface area contributed by atoms with Crippen LogP contribution < -0.4 is 5.73 Å². The zero-order chi connectivity index (χ0) is 21.2. The molecule has 1 fully saturated rings. The summed E-state index contributed by atoms with van der Waals surface area (Å²) in [4.78, 5) is 23.8. The van der Waals surface area contributed by atoms with E-state index in [1.807, 2.05) is 35.4 Å². The first kappa shape index (κ1) is 19.7. The number of anilines is 1. The highest BCUT2D eigenvalue weighted by atomic mass is 16.2. The average Bonchev–Trinajstić information content (AvgIpc) is 2.96. The SMILES string of the molecule is Nc1ccc2c(c1)CCc1cccnc1C2C1CCN(C(=O)Cc2cccnc2)CC1. The summed E-state index contributed by atoms with van der Waals surface area (Å²) >= 11 is 0. The number of likely N-dealkylation sites (tertiary alicyclic amines) is 1. The molecule has 5 nitrogen and oxygen atoms in total. The van der Waals surface area contributed by atoms with Crippen LogP contribution in [-0.4, -0.2) is 33.9 Å². The van der Waals surface area contributed by atoms with Gasteiger partial charge in [0, 0.05) is 43.3 Å². The molecule has 2 N–H and O–H groups in total. The van der Waals surface area contributed by atoms with Gasteiger partial charge in [-0.25, -0.2) is 0 Å². The molecule has 5 rings (SSSR count). The Hall–Kier alpha value is -3.21. The zero-order valence-corrected chi connectivity index (χ0v) is 17.7. The van der Waals surface area contributed by atoms with E-state index in [0.29, 0.717) is 12.3 Å². The lowest BCUT2D eigenvalue weighted by molar-refractivity contribution is -0.131. The third kappa shape index (κ3) is 4.05. The molecule has 3 aromatic rings. The Balaban J connectivity index is 1.37. The Morgan fingerprint density at radius 1 is 1.03 bits per heavy atom. The molecule has 5 heteroatoms. The molecule has 1 unspecified atom stereocenters. The minimum Gasteiger partial charge on any atom is -0.399 e. The van der Waals surface area contributed by atoms with Crippen LogP contribution in [0.2, 0.25) is 0 Å². The second kappa shape index (κ2) is 8.50. The highest BCUT2D eigenvalue weighted by Gasteiger charge is 2.34. The standard InChI is InChI=1S/C26H28N4O/c27-22-7-8-23-21(16-22)6-5-20-4-2-12-29-26(20)25(23)19-9-13-30(14-10-19)24(31)15-18-3-1-11-28-17-18/h1-4,7-8,11-12,16-17,19,25H,5-6,9-10,13-15,27H2. The second-order valence-corrected chi connectivity index (χ2v) is 8.74. The van der Waals surface area contributed by atoms with Gasteiger partial charge < -0.3 is 10.6 Å². The maximum absolute atomic E-state index is 12.8. The summed E-state index contributed by atoms with van der Waals surface area (Å²) in [6.45, 7) is 1.60. The number of aryl methyl sites for hydroxylation is 2. The van der Waals surface area contributed by atoms with E-state index in [0.717, 1.165) is 50.0 Å². The molecular weight excluding hydrogens is 384 g/mol. The summed E-state index contributed by atoms with van der Waals surface area (Å²) in [6, 6.07) is 14.5. The van der Waals surface area contributed by atoms with Crippen LogP contribution in [0.5, 0.6) is 0 Å². The van der Waals surface area contributed by atoms with Crippen molar-refractivity contribution in [1.82, 2.24) is 14.9 Å². The smallest absolute Gasteiger partial charge is 0.227 e. The number of aromatic nitrogens is 2. The summed E-state index contributed by atoms with van der Waals surface area (Å²) < 4.78 is 0. The molecule has 1 saturated heterocycles. The lowest BCUT2D eigenvalue weighted by Crippen LogP contribution is -2.40. The number of nitrogens with zero attached hydrogens (tertiary/aromatic N) is 3. The fraction of sp³-hybridized carbons (Fsp3) is 0.346. The van der Waals surface area contributed by atoms with Crippen molar-refractivity contribution in [3.05, 3.63) is 89.0 Å². The van der Waals surface area contributed by atoms with Gasteiger partial charge in [-0.05, 0) is 78.1 Å². The van der Waals surface area contributed by atoms with Crippen LogP contribution in [0.4, 0.5) is 5.69 Å². The van der Waals surface area contributed by atoms with Crippen LogP contribution in [0.3, 0.4) is 0 Å². The predicted molar refractivity (Wildman–Crippen MR) is 122 cm³/mol. The number of fused-ring (bicyclic) bond motifs is 2. The summed E-state index contributed by atoms with van der Waals surface area (Å²) in [5, 5.41) is 0. The molecule has 1 aromatic carbocycles. The number of benzene rings is 1. The predicted octanol–water partition coefficient (Wildman–Crippen LogP) is 3.77. The van der Waals surface area contributed by atoms with Gasteiger partial charge in [0.15, 0.2) is 0 Å². The first-order chi connectivity index (χ1) is 15.2. The van der Waals surface area contributed by atoms with Crippen molar-refractivity contribution >= 4 is 11.6 Å². The van der Waals surface area contributed by atoms with Gasteiger partial charge in [-0.1, -0.05) is 18.2 Å². The molecule has 0 saturated carbocycles. The number of piperidine rings is 1. The molecule has 158 valence electrons. The third-order valence-electron chi connectivity index (χ3n) is 6.83. The van der Waals surface area contributed by atoms with Crippen molar-refractivity contribution in [3.63, 3.8) is 0 Å². The number of nitrogen functional groups attached to an aromatic ring is 1. The quantitative estimate of drug-likeness (QED) is 0.665. The highest BCUT2D eigenvalue weighted by Crippen LogP contribution is 2.42. The Kier molecular flexibility index (Phi) is 5.41. The minimum atomic E-state index is 0.194. The molecule has 1 aliphatic heterocycles. The average molecular weight is 413 g/mol. The van der Waals surface area contributed by atoms with E-state index < -0.39 is 0 Å². The van der Waals surface area contributed by atoms with Crippen molar-refractivity contribution < 1.29 is 4.79 Å². The largest absolute Gasteiger partial charge is 0.399 e. The van der Waals surface area contributed by atoms with Gasteiger partial charge in [0.1, 0.15) is 0 Å². The van der Waals surface area contributed by atoms with Gasteiger partial charge in [-0.3, -0.25) is 14.8 Å². The van der Waals surface area contributed by atoms with Gasteiger partial charge in [-0.15, -0.1) is 0 Å². The van der Waals surface area contributed by atoms with Crippen molar-refractivity contribution in [2.75, 3.05) is 18.8 Å². The Labute approximate surface area is 183 Å². The third-order valence-corrected chi connectivity index (χ3v) is 6.83. The Bertz CT molecular complexity index is 1070. The lowest BCUT2D eigenvalue weighted by atomic mass is 9.76. The topological polar surface area (TPSA) is 72.1 Å². The number of nitrogens with two attached hydrogens (primary N) is 1. The summed E-state index contributed by atoms with van der Waals surface area (Å²) in [5.41, 5.74) is 13.2. The molecule has 2 aliphatic rings. The molecule has 3 heterocycles. The van der Waals surface area contributed by atoms with Crippen LogP contribution in [0.1, 0.15) is 46.7 Å². The van der Waals surface area contributed by atoms with E-state index in [1.54, 1.807) is 12.4 Å². The normalized spacial score (nSPS) is 18.7. The van der Waals surface area contributed by atoms with Crippen LogP contribution in [-0.2, 0) is 24.1 Å². The van der Waals surface area contributed by atoms with E-state index in [1.165, 1.54) is 22.4 Å². The van der Waals surface area contributed by atoms with E-state index >= 15 is 0 Å². The monoisotopic (exact) mass is 412 g/mol. The molecule has 31 heavy (non-hydrogen) atoms. The van der Waals surface area contributed by atoms with E-state index in [9.17, 15) is 4.79 Å². The van der Waals surface area contributed by atoms with Gasteiger partial charge in [0.25, 0.3) is 0 Å².